The number of rotatable bonds is 0. The maximum Gasteiger partial charge on any atom is 0.0655 e. The Balaban J connectivity index is 1.48. The zero-order chi connectivity index (χ0) is 23.1. The zero-order valence-corrected chi connectivity index (χ0v) is 21.9. The summed E-state index contributed by atoms with van der Waals surface area (Å²) in [5, 5.41) is 0. The van der Waals surface area contributed by atoms with Crippen molar-refractivity contribution in [3.63, 3.8) is 0 Å². The van der Waals surface area contributed by atoms with E-state index in [4.69, 9.17) is 18.9 Å². The minimum Gasteiger partial charge on any atom is -0.374 e. The summed E-state index contributed by atoms with van der Waals surface area (Å²) in [5.41, 5.74) is 0.0828. The van der Waals surface area contributed by atoms with Crippen LogP contribution in [0.3, 0.4) is 0 Å². The maximum atomic E-state index is 6.87. The molecule has 0 spiro atoms. The van der Waals surface area contributed by atoms with E-state index in [1.807, 2.05) is 0 Å². The lowest BCUT2D eigenvalue weighted by Crippen LogP contribution is -2.48. The van der Waals surface area contributed by atoms with Crippen molar-refractivity contribution in [2.45, 2.75) is 156 Å². The van der Waals surface area contributed by atoms with Crippen molar-refractivity contribution in [3.8, 4) is 0 Å². The fourth-order valence-corrected chi connectivity index (χ4v) is 7.76. The molecule has 8 bridgehead atoms. The Hall–Kier alpha value is -0.160. The number of hydrogen-bond donors (Lipinski definition) is 0. The van der Waals surface area contributed by atoms with E-state index in [-0.39, 0.29) is 70.5 Å². The summed E-state index contributed by atoms with van der Waals surface area (Å²) in [4.78, 5) is 0. The first-order valence-electron chi connectivity index (χ1n) is 13.5. The molecule has 0 aliphatic carbocycles. The summed E-state index contributed by atoms with van der Waals surface area (Å²) in [6.07, 6.45) is 11.1. The van der Waals surface area contributed by atoms with Gasteiger partial charge in [-0.25, -0.2) is 0 Å². The van der Waals surface area contributed by atoms with Crippen LogP contribution in [0.25, 0.3) is 0 Å². The Labute approximate surface area is 196 Å². The van der Waals surface area contributed by atoms with E-state index in [1.54, 1.807) is 0 Å². The summed E-state index contributed by atoms with van der Waals surface area (Å²) in [5.74, 6) is 0. The van der Waals surface area contributed by atoms with Crippen LogP contribution < -0.4 is 0 Å². The molecule has 0 amide bonds. The molecule has 0 saturated carbocycles. The molecule has 5 fully saturated rings. The van der Waals surface area contributed by atoms with Crippen LogP contribution in [0.2, 0.25) is 0 Å². The van der Waals surface area contributed by atoms with Crippen LogP contribution in [-0.4, -0.2) is 48.8 Å². The third kappa shape index (κ3) is 3.53. The summed E-state index contributed by atoms with van der Waals surface area (Å²) < 4.78 is 27.5. The van der Waals surface area contributed by atoms with Gasteiger partial charge in [0.05, 0.1) is 48.8 Å². The van der Waals surface area contributed by atoms with Gasteiger partial charge in [-0.15, -0.1) is 0 Å². The van der Waals surface area contributed by atoms with Gasteiger partial charge in [0.2, 0.25) is 0 Å². The fraction of sp³-hybridized carbons (Fsp3) is 1.00. The summed E-state index contributed by atoms with van der Waals surface area (Å²) in [7, 11) is 0. The highest BCUT2D eigenvalue weighted by atomic mass is 16.5. The van der Waals surface area contributed by atoms with Crippen molar-refractivity contribution in [2.75, 3.05) is 0 Å². The summed E-state index contributed by atoms with van der Waals surface area (Å²) in [6.45, 7) is 19.0. The Morgan fingerprint density at radius 3 is 0.562 bits per heavy atom. The van der Waals surface area contributed by atoms with Crippen molar-refractivity contribution >= 4 is 0 Å². The highest BCUT2D eigenvalue weighted by molar-refractivity contribution is 5.04. The number of fused-ring (bicyclic) bond motifs is 8. The van der Waals surface area contributed by atoms with Crippen LogP contribution in [0, 0.1) is 21.7 Å². The third-order valence-corrected chi connectivity index (χ3v) is 10.7. The second-order valence-electron chi connectivity index (χ2n) is 14.0. The number of hydrogen-bond acceptors (Lipinski definition) is 4. The van der Waals surface area contributed by atoms with Crippen molar-refractivity contribution in [3.05, 3.63) is 0 Å². The van der Waals surface area contributed by atoms with Gasteiger partial charge in [0, 0.05) is 21.7 Å². The SMILES string of the molecule is CC1(C)[C@@H]2CC[C@H](O2)C(C)(C)[C@@H]2CC[C@@H](O2)C(C)(C)[C@@H]2CC[C@@H](O2)C(C)(C)[C@@H]2CC[C@@H]1O2. The quantitative estimate of drug-likeness (QED) is 0.436. The first kappa shape index (κ1) is 23.6. The van der Waals surface area contributed by atoms with Crippen LogP contribution in [-0.2, 0) is 18.9 Å². The zero-order valence-electron chi connectivity index (χ0n) is 21.9. The molecule has 5 rings (SSSR count). The standard InChI is InChI=1S/C28H48O4/c1-25(2)17-9-11-19(29-17)26(3,4)21-13-15-23(31-21)28(7,8)24-16-14-22(32-24)27(5,6)20-12-10-18(25)30-20/h17-24H,9-16H2,1-8H3/t17-,18-,19-,20-,21-,22+,23+,24-/m0/s1. The molecule has 0 aromatic carbocycles. The molecule has 5 heterocycles. The van der Waals surface area contributed by atoms with Gasteiger partial charge >= 0.3 is 0 Å². The van der Waals surface area contributed by atoms with Gasteiger partial charge in [-0.1, -0.05) is 55.4 Å². The van der Waals surface area contributed by atoms with Gasteiger partial charge in [0.1, 0.15) is 0 Å². The van der Waals surface area contributed by atoms with Crippen LogP contribution in [0.4, 0.5) is 0 Å². The third-order valence-electron chi connectivity index (χ3n) is 10.7. The van der Waals surface area contributed by atoms with E-state index in [0.29, 0.717) is 0 Å². The van der Waals surface area contributed by atoms with Crippen LogP contribution in [0.1, 0.15) is 107 Å². The molecule has 0 N–H and O–H groups in total. The Morgan fingerprint density at radius 2 is 0.438 bits per heavy atom. The lowest BCUT2D eigenvalue weighted by Gasteiger charge is -2.43. The second kappa shape index (κ2) is 7.67. The average Bonchev–Trinajstić information content (AvgIpc) is 3.53. The fourth-order valence-electron chi connectivity index (χ4n) is 7.76. The molecule has 5 saturated heterocycles. The van der Waals surface area contributed by atoms with Crippen LogP contribution >= 0.6 is 0 Å². The normalized spacial score (nSPS) is 48.8. The van der Waals surface area contributed by atoms with Crippen molar-refractivity contribution in [2.24, 2.45) is 21.7 Å². The molecule has 0 aromatic rings. The van der Waals surface area contributed by atoms with E-state index in [9.17, 15) is 0 Å². The largest absolute Gasteiger partial charge is 0.374 e. The molecule has 0 radical (unpaired) electrons. The van der Waals surface area contributed by atoms with E-state index < -0.39 is 0 Å². The molecule has 0 unspecified atom stereocenters. The molecule has 8 atom stereocenters. The minimum absolute atomic E-state index is 0.0207. The average molecular weight is 449 g/mol. The van der Waals surface area contributed by atoms with E-state index in [2.05, 4.69) is 55.4 Å². The first-order valence-corrected chi connectivity index (χ1v) is 13.5. The molecule has 4 heteroatoms. The molecule has 5 aliphatic rings. The molecule has 184 valence electrons. The Morgan fingerprint density at radius 1 is 0.312 bits per heavy atom. The molecule has 0 aromatic heterocycles. The molecule has 32 heavy (non-hydrogen) atoms. The van der Waals surface area contributed by atoms with Gasteiger partial charge < -0.3 is 18.9 Å². The predicted molar refractivity (Wildman–Crippen MR) is 127 cm³/mol. The first-order chi connectivity index (χ1) is 14.8. The van der Waals surface area contributed by atoms with Gasteiger partial charge in [-0.05, 0) is 51.4 Å². The topological polar surface area (TPSA) is 36.9 Å². The Bertz CT molecular complexity index is 542. The van der Waals surface area contributed by atoms with E-state index in [1.165, 1.54) is 0 Å². The highest BCUT2D eigenvalue weighted by Crippen LogP contribution is 2.53. The van der Waals surface area contributed by atoms with Gasteiger partial charge in [-0.3, -0.25) is 0 Å². The Kier molecular flexibility index (Phi) is 5.65. The van der Waals surface area contributed by atoms with Crippen molar-refractivity contribution in [1.29, 1.82) is 0 Å². The van der Waals surface area contributed by atoms with Gasteiger partial charge in [0.25, 0.3) is 0 Å². The minimum atomic E-state index is 0.0207. The summed E-state index contributed by atoms with van der Waals surface area (Å²) >= 11 is 0. The second-order valence-corrected chi connectivity index (χ2v) is 14.0. The molecule has 5 aliphatic heterocycles. The maximum absolute atomic E-state index is 6.87. The molecular weight excluding hydrogens is 400 g/mol. The van der Waals surface area contributed by atoms with E-state index >= 15 is 0 Å². The van der Waals surface area contributed by atoms with E-state index in [0.717, 1.165) is 51.4 Å². The summed E-state index contributed by atoms with van der Waals surface area (Å²) in [6, 6.07) is 0. The van der Waals surface area contributed by atoms with Crippen LogP contribution in [0.15, 0.2) is 0 Å². The van der Waals surface area contributed by atoms with Crippen molar-refractivity contribution < 1.29 is 18.9 Å². The predicted octanol–water partition coefficient (Wildman–Crippen LogP) is 6.30. The lowest BCUT2D eigenvalue weighted by molar-refractivity contribution is -0.183. The van der Waals surface area contributed by atoms with Gasteiger partial charge in [0.15, 0.2) is 0 Å². The van der Waals surface area contributed by atoms with Crippen LogP contribution in [0.5, 0.6) is 0 Å². The number of ether oxygens (including phenoxy) is 4. The van der Waals surface area contributed by atoms with Gasteiger partial charge in [-0.2, -0.15) is 0 Å². The van der Waals surface area contributed by atoms with Crippen molar-refractivity contribution in [1.82, 2.24) is 0 Å². The molecular formula is C28H48O4. The lowest BCUT2D eigenvalue weighted by atomic mass is 9.76. The highest BCUT2D eigenvalue weighted by Gasteiger charge is 2.56. The monoisotopic (exact) mass is 448 g/mol. The molecule has 4 nitrogen and oxygen atoms in total. The smallest absolute Gasteiger partial charge is 0.0655 e.